The van der Waals surface area contributed by atoms with Crippen LogP contribution in [0.3, 0.4) is 0 Å². The van der Waals surface area contributed by atoms with Crippen molar-refractivity contribution in [3.05, 3.63) is 70.3 Å². The molecule has 2 aliphatic heterocycles. The Hall–Kier alpha value is -2.25. The van der Waals surface area contributed by atoms with Gasteiger partial charge < -0.3 is 9.80 Å². The summed E-state index contributed by atoms with van der Waals surface area (Å²) in [5, 5.41) is 0. The largest absolute Gasteiger partial charge is 0.416 e. The van der Waals surface area contributed by atoms with Gasteiger partial charge in [-0.25, -0.2) is 4.79 Å². The summed E-state index contributed by atoms with van der Waals surface area (Å²) < 4.78 is 67.9. The third-order valence-electron chi connectivity index (χ3n) is 6.95. The van der Waals surface area contributed by atoms with Gasteiger partial charge in [0.2, 0.25) is 0 Å². The van der Waals surface area contributed by atoms with Gasteiger partial charge in [0, 0.05) is 38.3 Å². The van der Waals surface area contributed by atoms with Crippen LogP contribution >= 0.6 is 9.24 Å². The summed E-state index contributed by atoms with van der Waals surface area (Å²) in [6, 6.07) is 9.86. The van der Waals surface area contributed by atoms with Gasteiger partial charge in [-0.1, -0.05) is 33.5 Å². The summed E-state index contributed by atoms with van der Waals surface area (Å²) in [6.45, 7) is 3.96. The Kier molecular flexibility index (Phi) is 7.13. The van der Waals surface area contributed by atoms with E-state index in [4.69, 9.17) is 0 Å². The molecule has 2 aliphatic rings. The van der Waals surface area contributed by atoms with Crippen LogP contribution in [0.4, 0.5) is 26.7 Å². The zero-order chi connectivity index (χ0) is 25.5. The Balaban J connectivity index is 1.63. The average Bonchev–Trinajstić information content (AvgIpc) is 3.26. The maximum atomic E-state index is 13.9. The maximum Gasteiger partial charge on any atom is 0.416 e. The van der Waals surface area contributed by atoms with Gasteiger partial charge in [0.15, 0.2) is 0 Å². The number of amides is 2. The van der Waals surface area contributed by atoms with E-state index in [2.05, 4.69) is 4.90 Å². The molecule has 3 unspecified atom stereocenters. The van der Waals surface area contributed by atoms with Crippen molar-refractivity contribution < 1.29 is 26.7 Å². The van der Waals surface area contributed by atoms with Crippen LogP contribution in [0.15, 0.2) is 42.5 Å². The number of hydrogen-bond donors (Lipinski definition) is 0. The van der Waals surface area contributed by atoms with Crippen molar-refractivity contribution in [3.63, 3.8) is 0 Å². The van der Waals surface area contributed by atoms with Gasteiger partial charge in [0.1, 0.15) is 0 Å². The Labute approximate surface area is 204 Å². The highest BCUT2D eigenvalue weighted by Gasteiger charge is 2.43. The zero-order valence-electron chi connectivity index (χ0n) is 19.7. The van der Waals surface area contributed by atoms with Crippen LogP contribution in [0.1, 0.15) is 46.7 Å². The van der Waals surface area contributed by atoms with Crippen LogP contribution in [0.25, 0.3) is 0 Å². The third kappa shape index (κ3) is 5.46. The number of hydrogen-bond acceptors (Lipinski definition) is 2. The first-order valence-corrected chi connectivity index (χ1v) is 12.1. The maximum absolute atomic E-state index is 13.9. The molecule has 190 valence electrons. The fourth-order valence-electron chi connectivity index (χ4n) is 5.28. The number of carbonyl (C=O) groups is 1. The standard InChI is InChI=1S/C25H29F5N3OP/c1-16-6-3-4-7-20(16)22-21-8-5-9-32(21)10-11-33(22)23(34)31(2)15-17-12-18(24(26,27)28)14-19(13-17)25(29,30)35/h3-4,6-7,12-14,21-22H,5,8-11,15,35H2,1-2H3. The van der Waals surface area contributed by atoms with Gasteiger partial charge >= 0.3 is 12.2 Å². The number of aryl methyl sites for hydroxylation is 1. The Bertz CT molecular complexity index is 1060. The first-order valence-electron chi connectivity index (χ1n) is 11.6. The minimum atomic E-state index is -4.78. The molecule has 0 spiro atoms. The van der Waals surface area contributed by atoms with E-state index < -0.39 is 23.0 Å². The molecule has 0 saturated carbocycles. The Morgan fingerprint density at radius 2 is 1.74 bits per heavy atom. The number of piperazine rings is 1. The van der Waals surface area contributed by atoms with Gasteiger partial charge in [-0.3, -0.25) is 4.90 Å². The fourth-order valence-corrected chi connectivity index (χ4v) is 5.45. The van der Waals surface area contributed by atoms with Crippen molar-refractivity contribution in [1.82, 2.24) is 14.7 Å². The number of halogens is 5. The summed E-state index contributed by atoms with van der Waals surface area (Å²) in [6.07, 6.45) is -2.79. The number of urea groups is 1. The normalized spacial score (nSPS) is 21.2. The molecular formula is C25H29F5N3OP. The van der Waals surface area contributed by atoms with Crippen molar-refractivity contribution in [2.45, 2.75) is 50.2 Å². The molecule has 2 aromatic carbocycles. The van der Waals surface area contributed by atoms with Gasteiger partial charge in [-0.2, -0.15) is 22.0 Å². The lowest BCUT2D eigenvalue weighted by Crippen LogP contribution is -2.56. The SMILES string of the molecule is Cc1ccccc1C1C2CCCN2CCN1C(=O)N(C)Cc1cc(C(F)(F)F)cc(C(F)(F)P)c1. The first kappa shape index (κ1) is 25.8. The van der Waals surface area contributed by atoms with Crippen LogP contribution in [-0.4, -0.2) is 53.5 Å². The van der Waals surface area contributed by atoms with Crippen LogP contribution in [0.5, 0.6) is 0 Å². The molecule has 0 aromatic heterocycles. The zero-order valence-corrected chi connectivity index (χ0v) is 20.8. The van der Waals surface area contributed by atoms with Crippen molar-refractivity contribution in [2.24, 2.45) is 0 Å². The molecule has 2 aromatic rings. The fraction of sp³-hybridized carbons (Fsp3) is 0.480. The summed E-state index contributed by atoms with van der Waals surface area (Å²) in [7, 11) is 2.77. The quantitative estimate of drug-likeness (QED) is 0.370. The monoisotopic (exact) mass is 513 g/mol. The minimum absolute atomic E-state index is 0.000237. The van der Waals surface area contributed by atoms with E-state index in [1.807, 2.05) is 31.2 Å². The van der Waals surface area contributed by atoms with Crippen molar-refractivity contribution in [2.75, 3.05) is 26.7 Å². The molecule has 3 atom stereocenters. The van der Waals surface area contributed by atoms with Gasteiger partial charge in [-0.05, 0) is 61.2 Å². The minimum Gasteiger partial charge on any atom is -0.323 e. The lowest BCUT2D eigenvalue weighted by molar-refractivity contribution is -0.137. The van der Waals surface area contributed by atoms with Crippen LogP contribution in [-0.2, 0) is 18.4 Å². The molecule has 2 amide bonds. The second-order valence-corrected chi connectivity index (χ2v) is 10.1. The highest BCUT2D eigenvalue weighted by Crippen LogP contribution is 2.40. The first-order chi connectivity index (χ1) is 16.4. The van der Waals surface area contributed by atoms with Gasteiger partial charge in [-0.15, -0.1) is 0 Å². The van der Waals surface area contributed by atoms with E-state index in [1.165, 1.54) is 21.2 Å². The van der Waals surface area contributed by atoms with Crippen LogP contribution in [0.2, 0.25) is 0 Å². The molecule has 0 N–H and O–H groups in total. The second kappa shape index (κ2) is 9.66. The van der Waals surface area contributed by atoms with E-state index in [-0.39, 0.29) is 30.2 Å². The van der Waals surface area contributed by atoms with Crippen LogP contribution < -0.4 is 0 Å². The van der Waals surface area contributed by atoms with E-state index >= 15 is 0 Å². The van der Waals surface area contributed by atoms with E-state index in [0.717, 1.165) is 49.2 Å². The summed E-state index contributed by atoms with van der Waals surface area (Å²) in [4.78, 5) is 19.1. The number of rotatable bonds is 4. The lowest BCUT2D eigenvalue weighted by Gasteiger charge is -2.46. The molecule has 4 nitrogen and oxygen atoms in total. The van der Waals surface area contributed by atoms with Crippen molar-refractivity contribution >= 4 is 15.3 Å². The molecule has 4 rings (SSSR count). The highest BCUT2D eigenvalue weighted by molar-refractivity contribution is 7.17. The number of fused-ring (bicyclic) bond motifs is 1. The molecule has 0 radical (unpaired) electrons. The predicted octanol–water partition coefficient (Wildman–Crippen LogP) is 6.01. The molecule has 35 heavy (non-hydrogen) atoms. The summed E-state index contributed by atoms with van der Waals surface area (Å²) in [5.74, 6) is 0. The number of carbonyl (C=O) groups excluding carboxylic acids is 1. The summed E-state index contributed by atoms with van der Waals surface area (Å²) in [5.41, 5.74) is -3.32. The Morgan fingerprint density at radius 1 is 1.06 bits per heavy atom. The molecule has 0 bridgehead atoms. The topological polar surface area (TPSA) is 26.8 Å². The number of benzene rings is 2. The second-order valence-electron chi connectivity index (χ2n) is 9.42. The smallest absolute Gasteiger partial charge is 0.323 e. The Morgan fingerprint density at radius 3 is 2.40 bits per heavy atom. The average molecular weight is 513 g/mol. The molecule has 10 heteroatoms. The number of alkyl halides is 5. The van der Waals surface area contributed by atoms with E-state index in [1.54, 1.807) is 4.90 Å². The van der Waals surface area contributed by atoms with Gasteiger partial charge in [0.05, 0.1) is 11.6 Å². The van der Waals surface area contributed by atoms with Gasteiger partial charge in [0.25, 0.3) is 5.66 Å². The number of nitrogens with zero attached hydrogens (tertiary/aromatic N) is 3. The molecule has 2 heterocycles. The van der Waals surface area contributed by atoms with E-state index in [9.17, 15) is 26.7 Å². The highest BCUT2D eigenvalue weighted by atomic mass is 31.0. The molecule has 2 saturated heterocycles. The van der Waals surface area contributed by atoms with E-state index in [0.29, 0.717) is 12.6 Å². The predicted molar refractivity (Wildman–Crippen MR) is 127 cm³/mol. The molecule has 0 aliphatic carbocycles. The van der Waals surface area contributed by atoms with Crippen LogP contribution in [0, 0.1) is 6.92 Å². The lowest BCUT2D eigenvalue weighted by atomic mass is 9.91. The van der Waals surface area contributed by atoms with Crippen molar-refractivity contribution in [3.8, 4) is 0 Å². The summed E-state index contributed by atoms with van der Waals surface area (Å²) >= 11 is 0. The molecular weight excluding hydrogens is 484 g/mol. The van der Waals surface area contributed by atoms with Crippen molar-refractivity contribution in [1.29, 1.82) is 0 Å². The molecule has 2 fully saturated rings. The third-order valence-corrected chi connectivity index (χ3v) is 7.28.